The van der Waals surface area contributed by atoms with Crippen molar-refractivity contribution in [3.05, 3.63) is 193 Å². The first-order chi connectivity index (χ1) is 55.4. The molecule has 113 heavy (non-hydrogen) atoms. The summed E-state index contributed by atoms with van der Waals surface area (Å²) in [4.78, 5) is 41.2. The van der Waals surface area contributed by atoms with Gasteiger partial charge in [0.1, 0.15) is 29.1 Å². The Balaban J connectivity index is 0.000000109. The van der Waals surface area contributed by atoms with Gasteiger partial charge in [-0.05, 0) is 113 Å². The summed E-state index contributed by atoms with van der Waals surface area (Å²) in [6.07, 6.45) is 43.7. The first-order valence-corrected chi connectivity index (χ1v) is 38.7. The van der Waals surface area contributed by atoms with Crippen LogP contribution in [-0.4, -0.2) is 180 Å². The third kappa shape index (κ3) is 16.6. The van der Waals surface area contributed by atoms with Crippen LogP contribution in [-0.2, 0) is 28.2 Å². The van der Waals surface area contributed by atoms with Gasteiger partial charge in [0.2, 0.25) is 11.8 Å². The fourth-order valence-electron chi connectivity index (χ4n) is 14.7. The Hall–Kier alpha value is -12.6. The molecule has 8 N–H and O–H groups in total. The fourth-order valence-corrected chi connectivity index (χ4v) is 14.9. The van der Waals surface area contributed by atoms with E-state index in [1.165, 1.54) is 6.42 Å². The van der Waals surface area contributed by atoms with Crippen LogP contribution >= 0.6 is 15.9 Å². The minimum atomic E-state index is 0.358. The van der Waals surface area contributed by atoms with Crippen molar-refractivity contribution in [2.24, 2.45) is 28.2 Å². The van der Waals surface area contributed by atoms with Crippen molar-refractivity contribution in [2.45, 2.75) is 82.0 Å². The van der Waals surface area contributed by atoms with Crippen LogP contribution in [0.3, 0.4) is 0 Å². The summed E-state index contributed by atoms with van der Waals surface area (Å²) in [6.45, 7) is 9.90. The van der Waals surface area contributed by atoms with Crippen LogP contribution in [0.2, 0.25) is 0 Å². The number of piperidine rings is 4. The van der Waals surface area contributed by atoms with E-state index in [0.717, 1.165) is 226 Å². The van der Waals surface area contributed by atoms with E-state index in [9.17, 15) is 0 Å². The molecule has 4 fully saturated rings. The van der Waals surface area contributed by atoms with Gasteiger partial charge in [0.05, 0.1) is 88.7 Å². The predicted molar refractivity (Wildman–Crippen MR) is 431 cm³/mol. The average Bonchev–Trinajstić information content (AvgIpc) is 1.67. The molecular formula is C77H85BrN34O. The molecular weight excluding hydrogens is 1500 g/mol. The molecule has 0 aromatic carbocycles. The molecule has 4 aliphatic heterocycles. The largest absolute Gasteiger partial charge is 0.340 e. The van der Waals surface area contributed by atoms with Crippen LogP contribution in [0.5, 0.6) is 0 Å². The van der Waals surface area contributed by atoms with Gasteiger partial charge < -0.3 is 47.1 Å². The number of hydrogen-bond donors (Lipinski definition) is 8. The van der Waals surface area contributed by atoms with Gasteiger partial charge in [0.15, 0.2) is 22.6 Å². The van der Waals surface area contributed by atoms with E-state index in [0.29, 0.717) is 41.3 Å². The minimum absolute atomic E-state index is 0.358. The highest BCUT2D eigenvalue weighted by atomic mass is 79.9. The Morgan fingerprint density at radius 1 is 0.398 bits per heavy atom. The second-order valence-electron chi connectivity index (χ2n) is 28.6. The summed E-state index contributed by atoms with van der Waals surface area (Å²) >= 11 is 3.37. The number of nitrogens with zero attached hydrogens (tertiary/aromatic N) is 26. The standard InChI is InChI=1S/C20H22N8.C19H20BrN9.C19H21N9.C19H22N8O/c1-27-13-15(11-23-27)17-12-24-28-19(25-16-4-7-21-8-5-16)9-18(26-20(17)28)14-3-2-6-22-10-14;1-28-11-13(7-24-28)15-10-25-29-17(27-19-22-8-14(20)9-23-19)5-16(26-18(15)29)12-3-2-4-21-6-12;1-27-12-14(9-23-27)15-10-24-28-18(26-17-11-21-5-6-22-17)7-16(25-19(15)28)13-3-2-4-20-8-13;1-12-6-18(28-25-12)24-17-7-16(13-4-3-5-20-8-13)23-19-15(10-22-27(17)19)14-9-21-26(2)11-14/h4-5,7-9,11-14,22H,2-3,6,10H2,1H3,(H,21,25);5,7-12,21H,2-4,6H2,1H3,(H,22,23,27);5-7,9-13,20H,2-4,8H2,1H3,(H,22,26);6-7,9-11,13,20,24H,3-5,8H2,1-2H3. The van der Waals surface area contributed by atoms with Crippen molar-refractivity contribution in [3.8, 4) is 44.5 Å². The molecule has 16 aromatic rings. The zero-order chi connectivity index (χ0) is 76.7. The summed E-state index contributed by atoms with van der Waals surface area (Å²) < 4.78 is 20.6. The second-order valence-corrected chi connectivity index (χ2v) is 29.5. The Labute approximate surface area is 656 Å². The number of anilines is 8. The molecule has 16 aromatic heterocycles. The fraction of sp³-hybridized carbons (Fsp3) is 0.325. The maximum Gasteiger partial charge on any atom is 0.230 e. The van der Waals surface area contributed by atoms with E-state index in [1.807, 2.05) is 137 Å². The van der Waals surface area contributed by atoms with Crippen LogP contribution in [0, 0.1) is 6.92 Å². The van der Waals surface area contributed by atoms with Crippen molar-refractivity contribution in [2.75, 3.05) is 73.6 Å². The average molecular weight is 1580 g/mol. The van der Waals surface area contributed by atoms with Crippen molar-refractivity contribution in [1.82, 2.24) is 149 Å². The lowest BCUT2D eigenvalue weighted by molar-refractivity contribution is 0.429. The lowest BCUT2D eigenvalue weighted by Gasteiger charge is -2.23. The van der Waals surface area contributed by atoms with Crippen molar-refractivity contribution in [3.63, 3.8) is 0 Å². The maximum absolute atomic E-state index is 5.35. The molecule has 36 heteroatoms. The van der Waals surface area contributed by atoms with Crippen LogP contribution < -0.4 is 42.5 Å². The summed E-state index contributed by atoms with van der Waals surface area (Å²) in [7, 11) is 7.63. The SMILES string of the molecule is Cc1cc(Nc2cc(C3CCCNC3)nc3c(-c4cnn(C)c4)cnn23)on1.Cn1cc(-c2cnn3c(Nc4ccncc4)cc(C4CCCNC4)nc23)cn1.Cn1cc(-c2cnn3c(Nc4cnccn4)cc(C4CCCNC4)nc23)cn1.Cn1cc(-c2cnn3c(Nc4ncc(Br)cn4)cc(C4CCCNC4)nc23)cn1. The minimum Gasteiger partial charge on any atom is -0.340 e. The van der Waals surface area contributed by atoms with Gasteiger partial charge >= 0.3 is 0 Å². The van der Waals surface area contributed by atoms with E-state index >= 15 is 0 Å². The summed E-state index contributed by atoms with van der Waals surface area (Å²) in [5, 5.41) is 66.8. The number of aryl methyl sites for hydroxylation is 5. The monoisotopic (exact) mass is 1580 g/mol. The van der Waals surface area contributed by atoms with Gasteiger partial charge in [-0.3, -0.25) is 28.7 Å². The molecule has 4 atom stereocenters. The third-order valence-electron chi connectivity index (χ3n) is 20.4. The molecule has 576 valence electrons. The van der Waals surface area contributed by atoms with E-state index in [2.05, 4.69) is 154 Å². The molecule has 0 spiro atoms. The van der Waals surface area contributed by atoms with Gasteiger partial charge in [-0.1, -0.05) is 5.16 Å². The number of halogens is 1. The van der Waals surface area contributed by atoms with Crippen molar-refractivity contribution >= 4 is 85.1 Å². The van der Waals surface area contributed by atoms with Crippen molar-refractivity contribution < 1.29 is 4.52 Å². The third-order valence-corrected chi connectivity index (χ3v) is 20.8. The normalized spacial score (nSPS) is 17.1. The zero-order valence-corrected chi connectivity index (χ0v) is 64.6. The number of rotatable bonds is 16. The number of aromatic nitrogens is 26. The predicted octanol–water partition coefficient (Wildman–Crippen LogP) is 10.4. The molecule has 20 heterocycles. The highest BCUT2D eigenvalue weighted by Crippen LogP contribution is 2.37. The van der Waals surface area contributed by atoms with Gasteiger partial charge in [-0.15, -0.1) is 0 Å². The lowest BCUT2D eigenvalue weighted by atomic mass is 9.96. The van der Waals surface area contributed by atoms with Crippen LogP contribution in [0.25, 0.3) is 67.1 Å². The smallest absolute Gasteiger partial charge is 0.230 e. The van der Waals surface area contributed by atoms with Crippen LogP contribution in [0.4, 0.5) is 46.6 Å². The van der Waals surface area contributed by atoms with Crippen molar-refractivity contribution in [1.29, 1.82) is 0 Å². The second kappa shape index (κ2) is 33.1. The van der Waals surface area contributed by atoms with Crippen LogP contribution in [0.15, 0.2) is 169 Å². The molecule has 0 bridgehead atoms. The molecule has 0 saturated carbocycles. The zero-order valence-electron chi connectivity index (χ0n) is 63.0. The molecule has 20 rings (SSSR count). The summed E-state index contributed by atoms with van der Waals surface area (Å²) in [6, 6.07) is 14.0. The van der Waals surface area contributed by atoms with E-state index in [-0.39, 0.29) is 0 Å². The molecule has 0 radical (unpaired) electrons. The van der Waals surface area contributed by atoms with Crippen LogP contribution in [0.1, 0.15) is 104 Å². The number of nitrogens with one attached hydrogen (secondary N) is 8. The molecule has 0 aliphatic carbocycles. The van der Waals surface area contributed by atoms with E-state index in [4.69, 9.17) is 24.5 Å². The van der Waals surface area contributed by atoms with Gasteiger partial charge in [-0.25, -0.2) is 34.9 Å². The van der Waals surface area contributed by atoms with E-state index < -0.39 is 0 Å². The van der Waals surface area contributed by atoms with Gasteiger partial charge in [0.25, 0.3) is 0 Å². The molecule has 4 saturated heterocycles. The molecule has 4 aliphatic rings. The highest BCUT2D eigenvalue weighted by molar-refractivity contribution is 9.10. The van der Waals surface area contributed by atoms with Gasteiger partial charge in [-0.2, -0.15) is 58.9 Å². The molecule has 4 unspecified atom stereocenters. The first kappa shape index (κ1) is 73.2. The van der Waals surface area contributed by atoms with E-state index in [1.54, 1.807) is 71.1 Å². The quantitative estimate of drug-likeness (QED) is 0.0445. The maximum atomic E-state index is 5.35. The molecule has 35 nitrogen and oxygen atoms in total. The van der Waals surface area contributed by atoms with Gasteiger partial charge in [0, 0.05) is 221 Å². The summed E-state index contributed by atoms with van der Waals surface area (Å²) in [5.41, 5.74) is 17.1. The lowest BCUT2D eigenvalue weighted by Crippen LogP contribution is -2.29. The highest BCUT2D eigenvalue weighted by Gasteiger charge is 2.27. The first-order valence-electron chi connectivity index (χ1n) is 37.9. The number of pyridine rings is 1. The Morgan fingerprint density at radius 2 is 0.779 bits per heavy atom. The Morgan fingerprint density at radius 3 is 1.12 bits per heavy atom. The Bertz CT molecular complexity index is 5710. The molecule has 0 amide bonds. The number of hydrogen-bond acceptors (Lipinski definition) is 27. The number of fused-ring (bicyclic) bond motifs is 4. The topological polar surface area (TPSA) is 379 Å². The summed E-state index contributed by atoms with van der Waals surface area (Å²) in [5.74, 6) is 6.55. The Kier molecular flexibility index (Phi) is 21.4.